The molecule has 1 rings (SSSR count). The third-order valence-corrected chi connectivity index (χ3v) is 2.82. The lowest BCUT2D eigenvalue weighted by Crippen LogP contribution is -2.28. The van der Waals surface area contributed by atoms with Crippen molar-refractivity contribution in [3.05, 3.63) is 35.9 Å². The molecule has 94 valence electrons. The average Bonchev–Trinajstić information content (AvgIpc) is 2.37. The molecule has 0 aliphatic rings. The van der Waals surface area contributed by atoms with Crippen LogP contribution in [0.2, 0.25) is 0 Å². The third-order valence-electron chi connectivity index (χ3n) is 2.82. The number of carbonyl (C=O) groups is 1. The van der Waals surface area contributed by atoms with Gasteiger partial charge < -0.3 is 10.6 Å². The first-order valence-corrected chi connectivity index (χ1v) is 6.22. The standard InChI is InChI=1S/C14H22N2O/c1-16(14(17)10-5-11-15)12-6-9-13-7-3-2-4-8-13/h2-4,7-8H,5-6,9-12,15H2,1H3. The molecule has 1 aromatic rings. The molecular formula is C14H22N2O. The number of hydrogen-bond donors (Lipinski definition) is 1. The van der Waals surface area contributed by atoms with E-state index in [-0.39, 0.29) is 5.91 Å². The maximum absolute atomic E-state index is 11.6. The van der Waals surface area contributed by atoms with Crippen LogP contribution in [0.25, 0.3) is 0 Å². The van der Waals surface area contributed by atoms with E-state index in [1.807, 2.05) is 25.2 Å². The number of carbonyl (C=O) groups excluding carboxylic acids is 1. The summed E-state index contributed by atoms with van der Waals surface area (Å²) < 4.78 is 0. The minimum Gasteiger partial charge on any atom is -0.346 e. The number of rotatable bonds is 7. The zero-order chi connectivity index (χ0) is 12.5. The highest BCUT2D eigenvalue weighted by atomic mass is 16.2. The SMILES string of the molecule is CN(CCCc1ccccc1)C(=O)CCCN. The smallest absolute Gasteiger partial charge is 0.222 e. The Labute approximate surface area is 104 Å². The summed E-state index contributed by atoms with van der Waals surface area (Å²) in [5, 5.41) is 0. The summed E-state index contributed by atoms with van der Waals surface area (Å²) in [4.78, 5) is 13.4. The topological polar surface area (TPSA) is 46.3 Å². The van der Waals surface area contributed by atoms with E-state index in [2.05, 4.69) is 12.1 Å². The molecule has 0 bridgehead atoms. The Morgan fingerprint density at radius 1 is 1.24 bits per heavy atom. The first kappa shape index (κ1) is 13.7. The van der Waals surface area contributed by atoms with Crippen molar-refractivity contribution in [3.8, 4) is 0 Å². The first-order chi connectivity index (χ1) is 8.24. The maximum atomic E-state index is 11.6. The third kappa shape index (κ3) is 5.50. The maximum Gasteiger partial charge on any atom is 0.222 e. The van der Waals surface area contributed by atoms with E-state index in [4.69, 9.17) is 5.73 Å². The molecule has 1 aromatic carbocycles. The van der Waals surface area contributed by atoms with E-state index in [0.717, 1.165) is 25.8 Å². The quantitative estimate of drug-likeness (QED) is 0.782. The van der Waals surface area contributed by atoms with Gasteiger partial charge in [-0.3, -0.25) is 4.79 Å². The molecule has 0 saturated heterocycles. The summed E-state index contributed by atoms with van der Waals surface area (Å²) in [5.41, 5.74) is 6.71. The predicted molar refractivity (Wildman–Crippen MR) is 70.7 cm³/mol. The molecule has 2 N–H and O–H groups in total. The highest BCUT2D eigenvalue weighted by Crippen LogP contribution is 2.04. The number of nitrogens with two attached hydrogens (primary N) is 1. The molecule has 0 fully saturated rings. The van der Waals surface area contributed by atoms with Crippen LogP contribution in [0.4, 0.5) is 0 Å². The molecule has 17 heavy (non-hydrogen) atoms. The van der Waals surface area contributed by atoms with Gasteiger partial charge in [-0.1, -0.05) is 30.3 Å². The summed E-state index contributed by atoms with van der Waals surface area (Å²) in [6.07, 6.45) is 3.38. The van der Waals surface area contributed by atoms with Gasteiger partial charge >= 0.3 is 0 Å². The second kappa shape index (κ2) is 7.85. The van der Waals surface area contributed by atoms with Crippen LogP contribution in [-0.4, -0.2) is 30.9 Å². The molecular weight excluding hydrogens is 212 g/mol. The zero-order valence-electron chi connectivity index (χ0n) is 10.6. The van der Waals surface area contributed by atoms with Crippen LogP contribution in [0.5, 0.6) is 0 Å². The van der Waals surface area contributed by atoms with Crippen molar-refractivity contribution < 1.29 is 4.79 Å². The van der Waals surface area contributed by atoms with Crippen LogP contribution in [0.15, 0.2) is 30.3 Å². The summed E-state index contributed by atoms with van der Waals surface area (Å²) >= 11 is 0. The molecule has 0 radical (unpaired) electrons. The highest BCUT2D eigenvalue weighted by molar-refractivity contribution is 5.75. The lowest BCUT2D eigenvalue weighted by atomic mass is 10.1. The summed E-state index contributed by atoms with van der Waals surface area (Å²) in [6, 6.07) is 10.4. The first-order valence-electron chi connectivity index (χ1n) is 6.22. The van der Waals surface area contributed by atoms with Gasteiger partial charge in [0.1, 0.15) is 0 Å². The fraction of sp³-hybridized carbons (Fsp3) is 0.500. The van der Waals surface area contributed by atoms with Crippen LogP contribution < -0.4 is 5.73 Å². The number of hydrogen-bond acceptors (Lipinski definition) is 2. The lowest BCUT2D eigenvalue weighted by molar-refractivity contribution is -0.130. The Balaban J connectivity index is 2.20. The summed E-state index contributed by atoms with van der Waals surface area (Å²) in [7, 11) is 1.86. The molecule has 0 atom stereocenters. The van der Waals surface area contributed by atoms with Crippen molar-refractivity contribution in [2.75, 3.05) is 20.1 Å². The minimum atomic E-state index is 0.198. The summed E-state index contributed by atoms with van der Waals surface area (Å²) in [5.74, 6) is 0.198. The van der Waals surface area contributed by atoms with Crippen LogP contribution in [0.1, 0.15) is 24.8 Å². The molecule has 0 aromatic heterocycles. The molecule has 3 nitrogen and oxygen atoms in total. The van der Waals surface area contributed by atoms with Gasteiger partial charge in [0.15, 0.2) is 0 Å². The molecule has 0 spiro atoms. The molecule has 0 saturated carbocycles. The van der Waals surface area contributed by atoms with Gasteiger partial charge in [-0.2, -0.15) is 0 Å². The molecule has 0 aliphatic heterocycles. The number of amides is 1. The lowest BCUT2D eigenvalue weighted by Gasteiger charge is -2.16. The Morgan fingerprint density at radius 2 is 1.94 bits per heavy atom. The molecule has 0 unspecified atom stereocenters. The molecule has 0 aliphatic carbocycles. The minimum absolute atomic E-state index is 0.198. The van der Waals surface area contributed by atoms with Crippen molar-refractivity contribution in [2.24, 2.45) is 5.73 Å². The molecule has 0 heterocycles. The van der Waals surface area contributed by atoms with E-state index in [9.17, 15) is 4.79 Å². The van der Waals surface area contributed by atoms with Crippen LogP contribution >= 0.6 is 0 Å². The van der Waals surface area contributed by atoms with Crippen LogP contribution in [-0.2, 0) is 11.2 Å². The van der Waals surface area contributed by atoms with Crippen molar-refractivity contribution in [3.63, 3.8) is 0 Å². The largest absolute Gasteiger partial charge is 0.346 e. The Hall–Kier alpha value is -1.35. The molecule has 1 amide bonds. The van der Waals surface area contributed by atoms with E-state index in [0.29, 0.717) is 13.0 Å². The van der Waals surface area contributed by atoms with Gasteiger partial charge in [0.25, 0.3) is 0 Å². The van der Waals surface area contributed by atoms with Crippen LogP contribution in [0.3, 0.4) is 0 Å². The Kier molecular flexibility index (Phi) is 6.33. The number of nitrogens with zero attached hydrogens (tertiary/aromatic N) is 1. The molecule has 3 heteroatoms. The zero-order valence-corrected chi connectivity index (χ0v) is 10.6. The van der Waals surface area contributed by atoms with Gasteiger partial charge in [-0.15, -0.1) is 0 Å². The van der Waals surface area contributed by atoms with Gasteiger partial charge in [-0.25, -0.2) is 0 Å². The van der Waals surface area contributed by atoms with E-state index < -0.39 is 0 Å². The van der Waals surface area contributed by atoms with Crippen molar-refractivity contribution >= 4 is 5.91 Å². The second-order valence-corrected chi connectivity index (χ2v) is 4.30. The predicted octanol–water partition coefficient (Wildman–Crippen LogP) is 1.82. The van der Waals surface area contributed by atoms with E-state index >= 15 is 0 Å². The fourth-order valence-electron chi connectivity index (χ4n) is 1.73. The van der Waals surface area contributed by atoms with Gasteiger partial charge in [0.05, 0.1) is 0 Å². The normalized spacial score (nSPS) is 10.2. The van der Waals surface area contributed by atoms with Crippen molar-refractivity contribution in [2.45, 2.75) is 25.7 Å². The van der Waals surface area contributed by atoms with Gasteiger partial charge in [0.2, 0.25) is 5.91 Å². The van der Waals surface area contributed by atoms with Crippen molar-refractivity contribution in [1.29, 1.82) is 0 Å². The number of aryl methyl sites for hydroxylation is 1. The highest BCUT2D eigenvalue weighted by Gasteiger charge is 2.06. The van der Waals surface area contributed by atoms with Gasteiger partial charge in [-0.05, 0) is 31.4 Å². The van der Waals surface area contributed by atoms with Crippen molar-refractivity contribution in [1.82, 2.24) is 4.90 Å². The average molecular weight is 234 g/mol. The van der Waals surface area contributed by atoms with Gasteiger partial charge in [0, 0.05) is 20.0 Å². The second-order valence-electron chi connectivity index (χ2n) is 4.30. The summed E-state index contributed by atoms with van der Waals surface area (Å²) in [6.45, 7) is 1.40. The van der Waals surface area contributed by atoms with Crippen LogP contribution in [0, 0.1) is 0 Å². The fourth-order valence-corrected chi connectivity index (χ4v) is 1.73. The Bertz CT molecular complexity index is 324. The van der Waals surface area contributed by atoms with E-state index in [1.165, 1.54) is 5.56 Å². The monoisotopic (exact) mass is 234 g/mol. The van der Waals surface area contributed by atoms with E-state index in [1.54, 1.807) is 4.90 Å². The number of benzene rings is 1. The Morgan fingerprint density at radius 3 is 2.59 bits per heavy atom.